The van der Waals surface area contributed by atoms with Crippen molar-refractivity contribution in [1.29, 1.82) is 0 Å². The first-order valence-electron chi connectivity index (χ1n) is 6.57. The molecule has 2 aromatic rings. The van der Waals surface area contributed by atoms with Crippen LogP contribution >= 0.6 is 15.9 Å². The summed E-state index contributed by atoms with van der Waals surface area (Å²) in [6.45, 7) is -0.371. The fourth-order valence-electron chi connectivity index (χ4n) is 2.36. The minimum absolute atomic E-state index is 0.371. The SMILES string of the molecule is OCC1OC(Oc2ccc3cc(Br)ccc3c2)C(O)C1O. The second-order valence-electron chi connectivity index (χ2n) is 4.98. The van der Waals surface area contributed by atoms with Crippen LogP contribution in [0, 0.1) is 0 Å². The molecular formula is C15H15BrO5. The standard InChI is InChI=1S/C15H15BrO5/c16-10-3-1-9-6-11(4-2-8(9)5-10)20-15-14(19)13(18)12(7-17)21-15/h1-6,12-15,17-19H,7H2. The quantitative estimate of drug-likeness (QED) is 0.776. The molecule has 0 aliphatic carbocycles. The van der Waals surface area contributed by atoms with Gasteiger partial charge in [0.2, 0.25) is 6.29 Å². The maximum atomic E-state index is 9.85. The van der Waals surface area contributed by atoms with Crippen LogP contribution in [0.1, 0.15) is 0 Å². The van der Waals surface area contributed by atoms with Crippen molar-refractivity contribution in [3.63, 3.8) is 0 Å². The zero-order valence-electron chi connectivity index (χ0n) is 11.0. The van der Waals surface area contributed by atoms with Crippen LogP contribution in [0.5, 0.6) is 5.75 Å². The van der Waals surface area contributed by atoms with Gasteiger partial charge in [-0.1, -0.05) is 28.1 Å². The van der Waals surface area contributed by atoms with Crippen LogP contribution in [0.4, 0.5) is 0 Å². The highest BCUT2D eigenvalue weighted by atomic mass is 79.9. The third-order valence-corrected chi connectivity index (χ3v) is 4.02. The fourth-order valence-corrected chi connectivity index (χ4v) is 2.74. The molecule has 1 aliphatic rings. The molecule has 0 bridgehead atoms. The van der Waals surface area contributed by atoms with E-state index in [1.807, 2.05) is 30.3 Å². The van der Waals surface area contributed by atoms with Gasteiger partial charge in [-0.3, -0.25) is 0 Å². The van der Waals surface area contributed by atoms with E-state index in [0.29, 0.717) is 5.75 Å². The Balaban J connectivity index is 1.80. The lowest BCUT2D eigenvalue weighted by atomic mass is 10.1. The molecule has 3 rings (SSSR count). The summed E-state index contributed by atoms with van der Waals surface area (Å²) in [5.41, 5.74) is 0. The molecule has 0 amide bonds. The molecule has 5 nitrogen and oxygen atoms in total. The van der Waals surface area contributed by atoms with Crippen molar-refractivity contribution in [3.8, 4) is 5.75 Å². The number of hydrogen-bond donors (Lipinski definition) is 3. The Kier molecular flexibility index (Phi) is 4.14. The smallest absolute Gasteiger partial charge is 0.229 e. The summed E-state index contributed by atoms with van der Waals surface area (Å²) >= 11 is 3.42. The first kappa shape index (κ1) is 14.7. The molecule has 0 radical (unpaired) electrons. The highest BCUT2D eigenvalue weighted by Gasteiger charge is 2.43. The molecule has 6 heteroatoms. The van der Waals surface area contributed by atoms with E-state index in [4.69, 9.17) is 14.6 Å². The molecule has 0 spiro atoms. The Morgan fingerprint density at radius 1 is 1.05 bits per heavy atom. The van der Waals surface area contributed by atoms with E-state index in [2.05, 4.69) is 15.9 Å². The molecule has 2 aromatic carbocycles. The van der Waals surface area contributed by atoms with Crippen molar-refractivity contribution in [2.24, 2.45) is 0 Å². The summed E-state index contributed by atoms with van der Waals surface area (Å²) in [4.78, 5) is 0. The topological polar surface area (TPSA) is 79.2 Å². The van der Waals surface area contributed by atoms with E-state index in [1.165, 1.54) is 0 Å². The number of halogens is 1. The van der Waals surface area contributed by atoms with Crippen LogP contribution in [-0.2, 0) is 4.74 Å². The maximum absolute atomic E-state index is 9.85. The van der Waals surface area contributed by atoms with Gasteiger partial charge in [-0.25, -0.2) is 0 Å². The highest BCUT2D eigenvalue weighted by molar-refractivity contribution is 9.10. The minimum Gasteiger partial charge on any atom is -0.462 e. The third kappa shape index (κ3) is 2.90. The van der Waals surface area contributed by atoms with Gasteiger partial charge < -0.3 is 24.8 Å². The largest absolute Gasteiger partial charge is 0.462 e. The minimum atomic E-state index is -1.19. The summed E-state index contributed by atoms with van der Waals surface area (Å²) in [6.07, 6.45) is -4.18. The summed E-state index contributed by atoms with van der Waals surface area (Å²) in [7, 11) is 0. The van der Waals surface area contributed by atoms with Gasteiger partial charge in [0.25, 0.3) is 0 Å². The number of hydrogen-bond acceptors (Lipinski definition) is 5. The van der Waals surface area contributed by atoms with Gasteiger partial charge in [-0.2, -0.15) is 0 Å². The van der Waals surface area contributed by atoms with Crippen molar-refractivity contribution < 1.29 is 24.8 Å². The predicted octanol–water partition coefficient (Wildman–Crippen LogP) is 1.42. The molecule has 0 aromatic heterocycles. The van der Waals surface area contributed by atoms with Crippen LogP contribution in [0.2, 0.25) is 0 Å². The highest BCUT2D eigenvalue weighted by Crippen LogP contribution is 2.28. The van der Waals surface area contributed by atoms with E-state index in [9.17, 15) is 10.2 Å². The lowest BCUT2D eigenvalue weighted by Gasteiger charge is -2.17. The lowest BCUT2D eigenvalue weighted by Crippen LogP contribution is -2.35. The zero-order chi connectivity index (χ0) is 15.0. The number of aliphatic hydroxyl groups excluding tert-OH is 3. The Hall–Kier alpha value is -1.18. The molecule has 1 saturated heterocycles. The number of aliphatic hydroxyl groups is 3. The Bertz CT molecular complexity index is 647. The van der Waals surface area contributed by atoms with Gasteiger partial charge in [0.05, 0.1) is 6.61 Å². The zero-order valence-corrected chi connectivity index (χ0v) is 12.6. The first-order valence-corrected chi connectivity index (χ1v) is 7.36. The summed E-state index contributed by atoms with van der Waals surface area (Å²) in [5.74, 6) is 0.527. The molecule has 3 N–H and O–H groups in total. The predicted molar refractivity (Wildman–Crippen MR) is 80.0 cm³/mol. The molecule has 4 unspecified atom stereocenters. The van der Waals surface area contributed by atoms with E-state index in [-0.39, 0.29) is 6.61 Å². The van der Waals surface area contributed by atoms with Crippen molar-refractivity contribution >= 4 is 26.7 Å². The second kappa shape index (κ2) is 5.90. The summed E-state index contributed by atoms with van der Waals surface area (Å²) in [5, 5.41) is 30.6. The first-order chi connectivity index (χ1) is 10.1. The van der Waals surface area contributed by atoms with Crippen LogP contribution in [0.25, 0.3) is 10.8 Å². The van der Waals surface area contributed by atoms with Crippen molar-refractivity contribution in [2.45, 2.75) is 24.6 Å². The van der Waals surface area contributed by atoms with Gasteiger partial charge in [-0.05, 0) is 35.0 Å². The van der Waals surface area contributed by atoms with Gasteiger partial charge in [-0.15, -0.1) is 0 Å². The van der Waals surface area contributed by atoms with E-state index < -0.39 is 24.6 Å². The third-order valence-electron chi connectivity index (χ3n) is 3.52. The van der Waals surface area contributed by atoms with Crippen molar-refractivity contribution in [2.75, 3.05) is 6.61 Å². The molecule has 4 atom stereocenters. The van der Waals surface area contributed by atoms with Gasteiger partial charge in [0, 0.05) is 4.47 Å². The fraction of sp³-hybridized carbons (Fsp3) is 0.333. The number of benzene rings is 2. The van der Waals surface area contributed by atoms with Gasteiger partial charge in [0.15, 0.2) is 0 Å². The molecule has 1 aliphatic heterocycles. The molecule has 1 heterocycles. The number of fused-ring (bicyclic) bond motifs is 1. The average Bonchev–Trinajstić information content (AvgIpc) is 2.75. The molecule has 112 valence electrons. The Morgan fingerprint density at radius 3 is 2.48 bits per heavy atom. The number of rotatable bonds is 3. The van der Waals surface area contributed by atoms with E-state index in [1.54, 1.807) is 6.07 Å². The van der Waals surface area contributed by atoms with E-state index in [0.717, 1.165) is 15.2 Å². The average molecular weight is 355 g/mol. The molecule has 1 fully saturated rings. The lowest BCUT2D eigenvalue weighted by molar-refractivity contribution is -0.116. The second-order valence-corrected chi connectivity index (χ2v) is 5.89. The Labute approximate surface area is 129 Å². The normalized spacial score (nSPS) is 29.0. The Morgan fingerprint density at radius 2 is 1.76 bits per heavy atom. The van der Waals surface area contributed by atoms with Gasteiger partial charge in [0.1, 0.15) is 24.1 Å². The molecule has 0 saturated carbocycles. The van der Waals surface area contributed by atoms with Crippen molar-refractivity contribution in [1.82, 2.24) is 0 Å². The summed E-state index contributed by atoms with van der Waals surface area (Å²) in [6, 6.07) is 11.4. The van der Waals surface area contributed by atoms with Crippen LogP contribution in [-0.4, -0.2) is 46.5 Å². The number of ether oxygens (including phenoxy) is 2. The monoisotopic (exact) mass is 354 g/mol. The summed E-state index contributed by atoms with van der Waals surface area (Å²) < 4.78 is 11.9. The van der Waals surface area contributed by atoms with E-state index >= 15 is 0 Å². The van der Waals surface area contributed by atoms with Crippen LogP contribution in [0.3, 0.4) is 0 Å². The molecule has 21 heavy (non-hydrogen) atoms. The maximum Gasteiger partial charge on any atom is 0.229 e. The van der Waals surface area contributed by atoms with Crippen molar-refractivity contribution in [3.05, 3.63) is 40.9 Å². The van der Waals surface area contributed by atoms with Gasteiger partial charge >= 0.3 is 0 Å². The van der Waals surface area contributed by atoms with Crippen LogP contribution in [0.15, 0.2) is 40.9 Å². The molecular weight excluding hydrogens is 340 g/mol. The van der Waals surface area contributed by atoms with Crippen LogP contribution < -0.4 is 4.74 Å².